The van der Waals surface area contributed by atoms with E-state index in [0.717, 1.165) is 18.8 Å². The molecule has 2 aromatic rings. The Morgan fingerprint density at radius 2 is 1.60 bits per heavy atom. The van der Waals surface area contributed by atoms with Gasteiger partial charge in [0.1, 0.15) is 5.82 Å². The van der Waals surface area contributed by atoms with Crippen molar-refractivity contribution in [2.75, 3.05) is 0 Å². The van der Waals surface area contributed by atoms with E-state index in [2.05, 4.69) is 31.2 Å². The number of hydrogen-bond donors (Lipinski definition) is 0. The van der Waals surface area contributed by atoms with Gasteiger partial charge in [-0.2, -0.15) is 0 Å². The Labute approximate surface area is 150 Å². The molecule has 2 aliphatic rings. The summed E-state index contributed by atoms with van der Waals surface area (Å²) < 4.78 is 13.2. The summed E-state index contributed by atoms with van der Waals surface area (Å²) in [6, 6.07) is 11.9. The first-order valence-corrected chi connectivity index (χ1v) is 9.79. The molecule has 0 bridgehead atoms. The van der Waals surface area contributed by atoms with Gasteiger partial charge >= 0.3 is 0 Å². The van der Waals surface area contributed by atoms with Crippen molar-refractivity contribution < 1.29 is 4.39 Å². The summed E-state index contributed by atoms with van der Waals surface area (Å²) in [5.74, 6) is 1.12. The Bertz CT molecular complexity index is 769. The lowest BCUT2D eigenvalue weighted by molar-refractivity contribution is 0.533. The Balaban J connectivity index is 1.55. The lowest BCUT2D eigenvalue weighted by atomic mass is 9.74. The molecule has 0 spiro atoms. The van der Waals surface area contributed by atoms with Crippen LogP contribution in [0.25, 0.3) is 0 Å². The molecule has 1 heteroatoms. The summed E-state index contributed by atoms with van der Waals surface area (Å²) in [5, 5.41) is 0. The molecule has 2 aliphatic carbocycles. The van der Waals surface area contributed by atoms with Gasteiger partial charge in [0.15, 0.2) is 0 Å². The summed E-state index contributed by atoms with van der Waals surface area (Å²) in [5.41, 5.74) is 7.68. The van der Waals surface area contributed by atoms with Crippen molar-refractivity contribution in [2.24, 2.45) is 5.92 Å². The van der Waals surface area contributed by atoms with Gasteiger partial charge in [0.2, 0.25) is 0 Å². The van der Waals surface area contributed by atoms with Gasteiger partial charge in [-0.15, -0.1) is 0 Å². The van der Waals surface area contributed by atoms with E-state index < -0.39 is 0 Å². The topological polar surface area (TPSA) is 0 Å². The maximum absolute atomic E-state index is 13.2. The SMILES string of the molecule is CC/C=C/C1CCc2c(ccc3c2CCC(c2ccc(F)cc2)C3)C1. The zero-order chi connectivity index (χ0) is 17.2. The highest BCUT2D eigenvalue weighted by Gasteiger charge is 2.26. The van der Waals surface area contributed by atoms with E-state index >= 15 is 0 Å². The fourth-order valence-electron chi connectivity index (χ4n) is 4.71. The Hall–Kier alpha value is -1.89. The molecule has 2 aromatic carbocycles. The van der Waals surface area contributed by atoms with Crippen LogP contribution < -0.4 is 0 Å². The molecule has 0 heterocycles. The smallest absolute Gasteiger partial charge is 0.123 e. The molecule has 0 nitrogen and oxygen atoms in total. The van der Waals surface area contributed by atoms with E-state index in [1.807, 2.05) is 12.1 Å². The fraction of sp³-hybridized carbons (Fsp3) is 0.417. The monoisotopic (exact) mass is 334 g/mol. The molecule has 0 amide bonds. The molecule has 0 saturated carbocycles. The molecule has 0 aliphatic heterocycles. The van der Waals surface area contributed by atoms with Gasteiger partial charge in [-0.25, -0.2) is 4.39 Å². The quantitative estimate of drug-likeness (QED) is 0.589. The fourth-order valence-corrected chi connectivity index (χ4v) is 4.71. The highest BCUT2D eigenvalue weighted by atomic mass is 19.1. The van der Waals surface area contributed by atoms with Crippen LogP contribution in [0.1, 0.15) is 59.9 Å². The molecule has 0 aromatic heterocycles. The van der Waals surface area contributed by atoms with Gasteiger partial charge in [-0.05, 0) is 96.7 Å². The molecule has 2 unspecified atom stereocenters. The van der Waals surface area contributed by atoms with Crippen molar-refractivity contribution >= 4 is 0 Å². The number of benzene rings is 2. The van der Waals surface area contributed by atoms with Crippen LogP contribution in [0.15, 0.2) is 48.6 Å². The van der Waals surface area contributed by atoms with E-state index in [-0.39, 0.29) is 5.82 Å². The predicted molar refractivity (Wildman–Crippen MR) is 103 cm³/mol. The van der Waals surface area contributed by atoms with Crippen molar-refractivity contribution in [1.82, 2.24) is 0 Å². The van der Waals surface area contributed by atoms with Gasteiger partial charge in [-0.3, -0.25) is 0 Å². The van der Waals surface area contributed by atoms with E-state index in [1.165, 1.54) is 43.2 Å². The number of halogens is 1. The summed E-state index contributed by atoms with van der Waals surface area (Å²) in [4.78, 5) is 0. The van der Waals surface area contributed by atoms with Crippen molar-refractivity contribution in [2.45, 2.75) is 57.8 Å². The van der Waals surface area contributed by atoms with Gasteiger partial charge in [0.05, 0.1) is 0 Å². The lowest BCUT2D eigenvalue weighted by Gasteiger charge is -2.31. The van der Waals surface area contributed by atoms with Gasteiger partial charge < -0.3 is 0 Å². The van der Waals surface area contributed by atoms with Crippen LogP contribution in [0, 0.1) is 11.7 Å². The van der Waals surface area contributed by atoms with Gasteiger partial charge in [0, 0.05) is 0 Å². The Kier molecular flexibility index (Phi) is 4.74. The van der Waals surface area contributed by atoms with Crippen LogP contribution in [0.3, 0.4) is 0 Å². The van der Waals surface area contributed by atoms with Crippen molar-refractivity contribution in [3.8, 4) is 0 Å². The van der Waals surface area contributed by atoms with Crippen LogP contribution in [0.2, 0.25) is 0 Å². The minimum atomic E-state index is -0.138. The third kappa shape index (κ3) is 3.42. The second kappa shape index (κ2) is 7.15. The molecule has 0 N–H and O–H groups in total. The molecule has 4 rings (SSSR count). The molecule has 0 fully saturated rings. The summed E-state index contributed by atoms with van der Waals surface area (Å²) in [6.45, 7) is 2.21. The standard InChI is InChI=1S/C24H27F/c1-2-3-4-17-5-13-23-20(15-17)6-7-21-16-19(10-14-24(21)23)18-8-11-22(25)12-9-18/h3-4,6-9,11-12,17,19H,2,5,10,13-16H2,1H3/b4-3+. The lowest BCUT2D eigenvalue weighted by Crippen LogP contribution is -2.20. The molecule has 25 heavy (non-hydrogen) atoms. The van der Waals surface area contributed by atoms with Crippen molar-refractivity contribution in [3.05, 3.63) is 82.2 Å². The molecule has 0 saturated heterocycles. The first-order chi connectivity index (χ1) is 12.2. The summed E-state index contributed by atoms with van der Waals surface area (Å²) in [7, 11) is 0. The average molecular weight is 334 g/mol. The second-order valence-corrected chi connectivity index (χ2v) is 7.67. The maximum atomic E-state index is 13.2. The molecular weight excluding hydrogens is 307 g/mol. The first kappa shape index (κ1) is 16.6. The highest BCUT2D eigenvalue weighted by Crippen LogP contribution is 2.38. The Morgan fingerprint density at radius 3 is 2.32 bits per heavy atom. The highest BCUT2D eigenvalue weighted by molar-refractivity contribution is 5.45. The van der Waals surface area contributed by atoms with Crippen molar-refractivity contribution in [3.63, 3.8) is 0 Å². The van der Waals surface area contributed by atoms with Crippen molar-refractivity contribution in [1.29, 1.82) is 0 Å². The zero-order valence-electron chi connectivity index (χ0n) is 15.1. The molecular formula is C24H27F. The second-order valence-electron chi connectivity index (χ2n) is 7.67. The molecule has 2 atom stereocenters. The number of allylic oxidation sites excluding steroid dienone is 2. The van der Waals surface area contributed by atoms with Crippen LogP contribution in [0.4, 0.5) is 4.39 Å². The zero-order valence-corrected chi connectivity index (χ0v) is 15.1. The number of fused-ring (bicyclic) bond motifs is 3. The first-order valence-electron chi connectivity index (χ1n) is 9.79. The number of rotatable bonds is 3. The van der Waals surface area contributed by atoms with E-state index in [4.69, 9.17) is 0 Å². The molecule has 130 valence electrons. The normalized spacial score (nSPS) is 22.6. The summed E-state index contributed by atoms with van der Waals surface area (Å²) in [6.07, 6.45) is 13.1. The summed E-state index contributed by atoms with van der Waals surface area (Å²) >= 11 is 0. The minimum Gasteiger partial charge on any atom is -0.207 e. The molecule has 0 radical (unpaired) electrons. The van der Waals surface area contributed by atoms with Crippen LogP contribution in [-0.4, -0.2) is 0 Å². The number of hydrogen-bond acceptors (Lipinski definition) is 0. The third-order valence-corrected chi connectivity index (χ3v) is 6.07. The minimum absolute atomic E-state index is 0.138. The van der Waals surface area contributed by atoms with E-state index in [9.17, 15) is 4.39 Å². The predicted octanol–water partition coefficient (Wildman–Crippen LogP) is 6.17. The van der Waals surface area contributed by atoms with Crippen LogP contribution in [0.5, 0.6) is 0 Å². The average Bonchev–Trinajstić information content (AvgIpc) is 2.66. The maximum Gasteiger partial charge on any atom is 0.123 e. The Morgan fingerprint density at radius 1 is 0.920 bits per heavy atom. The van der Waals surface area contributed by atoms with Gasteiger partial charge in [0.25, 0.3) is 0 Å². The van der Waals surface area contributed by atoms with Gasteiger partial charge in [-0.1, -0.05) is 43.3 Å². The van der Waals surface area contributed by atoms with E-state index in [1.54, 1.807) is 28.8 Å². The van der Waals surface area contributed by atoms with Crippen LogP contribution >= 0.6 is 0 Å². The third-order valence-electron chi connectivity index (χ3n) is 6.07. The van der Waals surface area contributed by atoms with E-state index in [0.29, 0.717) is 5.92 Å². The largest absolute Gasteiger partial charge is 0.207 e. The van der Waals surface area contributed by atoms with Crippen LogP contribution in [-0.2, 0) is 25.7 Å².